The minimum atomic E-state index is -0.657. The van der Waals surface area contributed by atoms with Crippen LogP contribution < -0.4 is 10.4 Å². The van der Waals surface area contributed by atoms with E-state index in [2.05, 4.69) is 0 Å². The molecule has 0 radical (unpaired) electrons. The summed E-state index contributed by atoms with van der Waals surface area (Å²) in [5.41, 5.74) is 1.39. The standard InChI is InChI=1S/C23H18O4/c1-14-20(26-15(2)21(24)16-8-4-3-5-9-16)13-12-18-17-10-6-7-11-19(17)23(25)27-22(14)18/h3-13,15H,1-2H3/t15-/m0/s1. The molecule has 0 saturated heterocycles. The predicted molar refractivity (Wildman–Crippen MR) is 106 cm³/mol. The van der Waals surface area contributed by atoms with E-state index < -0.39 is 6.10 Å². The number of hydrogen-bond acceptors (Lipinski definition) is 4. The summed E-state index contributed by atoms with van der Waals surface area (Å²) in [6, 6.07) is 20.1. The van der Waals surface area contributed by atoms with E-state index in [1.807, 2.05) is 55.5 Å². The first kappa shape index (κ1) is 17.0. The van der Waals surface area contributed by atoms with Crippen molar-refractivity contribution < 1.29 is 13.9 Å². The van der Waals surface area contributed by atoms with Gasteiger partial charge in [-0.1, -0.05) is 48.5 Å². The Hall–Kier alpha value is -3.40. The van der Waals surface area contributed by atoms with Crippen LogP contribution in [-0.4, -0.2) is 11.9 Å². The summed E-state index contributed by atoms with van der Waals surface area (Å²) in [6.45, 7) is 3.55. The Bertz CT molecular complexity index is 1210. The summed E-state index contributed by atoms with van der Waals surface area (Å²) in [5.74, 6) is 0.424. The number of carbonyl (C=O) groups is 1. The molecule has 4 nitrogen and oxygen atoms in total. The van der Waals surface area contributed by atoms with Crippen LogP contribution in [-0.2, 0) is 0 Å². The van der Waals surface area contributed by atoms with Crippen LogP contribution in [0.1, 0.15) is 22.8 Å². The number of hydrogen-bond donors (Lipinski definition) is 0. The topological polar surface area (TPSA) is 56.5 Å². The highest BCUT2D eigenvalue weighted by Gasteiger charge is 2.19. The largest absolute Gasteiger partial charge is 0.482 e. The number of ketones is 1. The zero-order chi connectivity index (χ0) is 19.0. The smallest absolute Gasteiger partial charge is 0.344 e. The zero-order valence-corrected chi connectivity index (χ0v) is 15.1. The van der Waals surface area contributed by atoms with Gasteiger partial charge in [-0.2, -0.15) is 0 Å². The summed E-state index contributed by atoms with van der Waals surface area (Å²) in [7, 11) is 0. The number of fused-ring (bicyclic) bond motifs is 3. The molecular formula is C23H18O4. The van der Waals surface area contributed by atoms with Crippen LogP contribution in [0.4, 0.5) is 0 Å². The molecule has 0 aliphatic rings. The van der Waals surface area contributed by atoms with Crippen LogP contribution in [0.25, 0.3) is 21.7 Å². The molecule has 4 heteroatoms. The zero-order valence-electron chi connectivity index (χ0n) is 15.1. The summed E-state index contributed by atoms with van der Waals surface area (Å²) in [6.07, 6.45) is -0.657. The second-order valence-corrected chi connectivity index (χ2v) is 6.49. The van der Waals surface area contributed by atoms with Crippen LogP contribution in [0.3, 0.4) is 0 Å². The minimum absolute atomic E-state index is 0.102. The van der Waals surface area contributed by atoms with Gasteiger partial charge >= 0.3 is 5.63 Å². The number of aryl methyl sites for hydroxylation is 1. The summed E-state index contributed by atoms with van der Waals surface area (Å²) < 4.78 is 11.5. The Kier molecular flexibility index (Phi) is 4.24. The lowest BCUT2D eigenvalue weighted by Gasteiger charge is -2.16. The van der Waals surface area contributed by atoms with Gasteiger partial charge in [0.1, 0.15) is 11.3 Å². The third kappa shape index (κ3) is 2.99. The van der Waals surface area contributed by atoms with Gasteiger partial charge in [-0.05, 0) is 37.4 Å². The maximum Gasteiger partial charge on any atom is 0.344 e. The number of benzene rings is 3. The molecule has 0 fully saturated rings. The van der Waals surface area contributed by atoms with E-state index in [-0.39, 0.29) is 11.4 Å². The molecule has 0 N–H and O–H groups in total. The normalized spacial score (nSPS) is 12.2. The van der Waals surface area contributed by atoms with Gasteiger partial charge in [-0.3, -0.25) is 4.79 Å². The van der Waals surface area contributed by atoms with Crippen LogP contribution >= 0.6 is 0 Å². The lowest BCUT2D eigenvalue weighted by Crippen LogP contribution is -2.24. The molecule has 0 unspecified atom stereocenters. The lowest BCUT2D eigenvalue weighted by atomic mass is 10.0. The molecule has 27 heavy (non-hydrogen) atoms. The molecule has 1 heterocycles. The number of carbonyl (C=O) groups excluding carboxylic acids is 1. The van der Waals surface area contributed by atoms with Crippen molar-refractivity contribution >= 4 is 27.5 Å². The van der Waals surface area contributed by atoms with Crippen LogP contribution in [0.5, 0.6) is 5.75 Å². The van der Waals surface area contributed by atoms with Gasteiger partial charge in [0.05, 0.1) is 5.39 Å². The first-order chi connectivity index (χ1) is 13.1. The van der Waals surface area contributed by atoms with Gasteiger partial charge in [-0.15, -0.1) is 0 Å². The third-order valence-electron chi connectivity index (χ3n) is 4.72. The fourth-order valence-corrected chi connectivity index (χ4v) is 3.27. The molecule has 1 atom stereocenters. The van der Waals surface area contributed by atoms with E-state index in [9.17, 15) is 9.59 Å². The molecule has 1 aromatic heterocycles. The second-order valence-electron chi connectivity index (χ2n) is 6.49. The fraction of sp³-hybridized carbons (Fsp3) is 0.130. The average molecular weight is 358 g/mol. The van der Waals surface area contributed by atoms with E-state index in [1.165, 1.54) is 0 Å². The highest BCUT2D eigenvalue weighted by molar-refractivity contribution is 6.05. The van der Waals surface area contributed by atoms with Crippen molar-refractivity contribution in [1.82, 2.24) is 0 Å². The number of ether oxygens (including phenoxy) is 1. The molecule has 0 saturated carbocycles. The van der Waals surface area contributed by atoms with Crippen LogP contribution in [0, 0.1) is 6.92 Å². The first-order valence-corrected chi connectivity index (χ1v) is 8.77. The van der Waals surface area contributed by atoms with Gasteiger partial charge < -0.3 is 9.15 Å². The van der Waals surface area contributed by atoms with E-state index >= 15 is 0 Å². The molecular weight excluding hydrogens is 340 g/mol. The predicted octanol–water partition coefficient (Wildman–Crippen LogP) is 4.90. The van der Waals surface area contributed by atoms with Crippen molar-refractivity contribution in [3.63, 3.8) is 0 Å². The fourth-order valence-electron chi connectivity index (χ4n) is 3.27. The molecule has 3 aromatic carbocycles. The molecule has 0 bridgehead atoms. The summed E-state index contributed by atoms with van der Waals surface area (Å²) >= 11 is 0. The maximum absolute atomic E-state index is 12.6. The highest BCUT2D eigenvalue weighted by atomic mass is 16.5. The van der Waals surface area contributed by atoms with Crippen molar-refractivity contribution in [3.8, 4) is 5.75 Å². The van der Waals surface area contributed by atoms with Crippen molar-refractivity contribution in [2.24, 2.45) is 0 Å². The molecule has 0 aliphatic heterocycles. The van der Waals surface area contributed by atoms with Crippen LogP contribution in [0.2, 0.25) is 0 Å². The van der Waals surface area contributed by atoms with Gasteiger partial charge in [0.25, 0.3) is 0 Å². The lowest BCUT2D eigenvalue weighted by molar-refractivity contribution is 0.0817. The third-order valence-corrected chi connectivity index (χ3v) is 4.72. The number of rotatable bonds is 4. The van der Waals surface area contributed by atoms with Crippen molar-refractivity contribution in [3.05, 3.63) is 88.3 Å². The quantitative estimate of drug-likeness (QED) is 0.296. The summed E-state index contributed by atoms with van der Waals surface area (Å²) in [5, 5.41) is 2.23. The Labute approximate surface area is 156 Å². The Morgan fingerprint density at radius 2 is 1.56 bits per heavy atom. The first-order valence-electron chi connectivity index (χ1n) is 8.77. The van der Waals surface area contributed by atoms with E-state index in [4.69, 9.17) is 9.15 Å². The minimum Gasteiger partial charge on any atom is -0.482 e. The monoisotopic (exact) mass is 358 g/mol. The molecule has 4 aromatic rings. The van der Waals surface area contributed by atoms with Gasteiger partial charge in [0.2, 0.25) is 5.78 Å². The summed E-state index contributed by atoms with van der Waals surface area (Å²) in [4.78, 5) is 24.9. The Morgan fingerprint density at radius 3 is 2.30 bits per heavy atom. The van der Waals surface area contributed by atoms with Crippen molar-refractivity contribution in [2.45, 2.75) is 20.0 Å². The molecule has 134 valence electrons. The maximum atomic E-state index is 12.6. The molecule has 0 amide bonds. The SMILES string of the molecule is Cc1c(O[C@@H](C)C(=O)c2ccccc2)ccc2c1oc(=O)c1ccccc12. The molecule has 0 aliphatic carbocycles. The second kappa shape index (κ2) is 6.72. The van der Waals surface area contributed by atoms with E-state index in [1.54, 1.807) is 25.1 Å². The molecule has 0 spiro atoms. The Balaban J connectivity index is 1.75. The average Bonchev–Trinajstić information content (AvgIpc) is 2.71. The number of Topliss-reactive ketones (excluding diaryl/α,β-unsaturated/α-hetero) is 1. The van der Waals surface area contributed by atoms with Gasteiger partial charge in [0.15, 0.2) is 6.10 Å². The van der Waals surface area contributed by atoms with Gasteiger partial charge in [-0.25, -0.2) is 4.79 Å². The Morgan fingerprint density at radius 1 is 0.889 bits per heavy atom. The van der Waals surface area contributed by atoms with Crippen molar-refractivity contribution in [2.75, 3.05) is 0 Å². The van der Waals surface area contributed by atoms with Crippen molar-refractivity contribution in [1.29, 1.82) is 0 Å². The van der Waals surface area contributed by atoms with E-state index in [0.29, 0.717) is 27.8 Å². The highest BCUT2D eigenvalue weighted by Crippen LogP contribution is 2.31. The van der Waals surface area contributed by atoms with Gasteiger partial charge in [0, 0.05) is 16.5 Å². The van der Waals surface area contributed by atoms with Crippen LogP contribution in [0.15, 0.2) is 75.9 Å². The van der Waals surface area contributed by atoms with E-state index in [0.717, 1.165) is 10.8 Å². The molecule has 4 rings (SSSR count).